The number of carbonyl (C=O) groups is 1. The van der Waals surface area contributed by atoms with Crippen LogP contribution in [-0.4, -0.2) is 25.2 Å². The van der Waals surface area contributed by atoms with Gasteiger partial charge in [0.2, 0.25) is 5.66 Å². The summed E-state index contributed by atoms with van der Waals surface area (Å²) in [5.74, 6) is 0.855. The van der Waals surface area contributed by atoms with E-state index in [1.54, 1.807) is 30.6 Å². The van der Waals surface area contributed by atoms with Gasteiger partial charge < -0.3 is 20.1 Å². The van der Waals surface area contributed by atoms with Crippen molar-refractivity contribution in [3.05, 3.63) is 77.1 Å². The maximum Gasteiger partial charge on any atom is 0.323 e. The Bertz CT molecular complexity index is 1210. The normalized spacial score (nSPS) is 13.5. The van der Waals surface area contributed by atoms with E-state index >= 15 is 0 Å². The van der Waals surface area contributed by atoms with Crippen molar-refractivity contribution in [2.75, 3.05) is 24.9 Å². The Morgan fingerprint density at radius 1 is 0.970 bits per heavy atom. The van der Waals surface area contributed by atoms with Gasteiger partial charge in [0, 0.05) is 36.1 Å². The van der Waals surface area contributed by atoms with Crippen molar-refractivity contribution in [1.29, 1.82) is 0 Å². The van der Waals surface area contributed by atoms with E-state index in [2.05, 4.69) is 36.3 Å². The first-order chi connectivity index (χ1) is 16.0. The molecule has 0 radical (unpaired) electrons. The number of halogens is 1. The minimum atomic E-state index is -0.961. The number of hydrogen-bond acceptors (Lipinski definition) is 8. The molecule has 33 heavy (non-hydrogen) atoms. The first-order valence-corrected chi connectivity index (χ1v) is 10.2. The van der Waals surface area contributed by atoms with Crippen molar-refractivity contribution in [3.8, 4) is 11.5 Å². The minimum absolute atomic E-state index is 0.344. The Morgan fingerprint density at radius 2 is 1.70 bits per heavy atom. The second kappa shape index (κ2) is 9.61. The summed E-state index contributed by atoms with van der Waals surface area (Å²) in [7, 11) is 2.99. The first kappa shape index (κ1) is 22.2. The van der Waals surface area contributed by atoms with Gasteiger partial charge in [-0.15, -0.1) is 10.2 Å². The van der Waals surface area contributed by atoms with Crippen LogP contribution in [0.3, 0.4) is 0 Å². The van der Waals surface area contributed by atoms with Crippen LogP contribution in [0.5, 0.6) is 11.5 Å². The molecule has 0 unspecified atom stereocenters. The third kappa shape index (κ3) is 4.90. The van der Waals surface area contributed by atoms with Crippen LogP contribution >= 0.6 is 11.6 Å². The summed E-state index contributed by atoms with van der Waals surface area (Å²) >= 11 is 6.18. The molecule has 4 rings (SSSR count). The summed E-state index contributed by atoms with van der Waals surface area (Å²) in [6.45, 7) is 0. The molecule has 1 aliphatic rings. The fourth-order valence-corrected chi connectivity index (χ4v) is 3.64. The molecule has 2 aromatic carbocycles. The molecule has 3 aromatic rings. The highest BCUT2D eigenvalue weighted by atomic mass is 35.5. The summed E-state index contributed by atoms with van der Waals surface area (Å²) < 4.78 is 10.5. The van der Waals surface area contributed by atoms with Gasteiger partial charge in [-0.1, -0.05) is 23.7 Å². The molecule has 2 heterocycles. The van der Waals surface area contributed by atoms with Crippen molar-refractivity contribution >= 4 is 29.0 Å². The van der Waals surface area contributed by atoms with Crippen LogP contribution in [0.15, 0.2) is 81.6 Å². The molecule has 0 aliphatic carbocycles. The van der Waals surface area contributed by atoms with Crippen LogP contribution < -0.4 is 20.1 Å². The predicted molar refractivity (Wildman–Crippen MR) is 123 cm³/mol. The van der Waals surface area contributed by atoms with Crippen molar-refractivity contribution < 1.29 is 14.3 Å². The second-order valence-corrected chi connectivity index (χ2v) is 7.48. The van der Waals surface area contributed by atoms with Gasteiger partial charge in [-0.25, -0.2) is 4.79 Å². The molecule has 1 aliphatic heterocycles. The number of rotatable bonds is 7. The van der Waals surface area contributed by atoms with E-state index in [-0.39, 0.29) is 0 Å². The van der Waals surface area contributed by atoms with Gasteiger partial charge in [-0.05, 0) is 46.3 Å². The zero-order chi connectivity index (χ0) is 23.3. The number of carbonyl (C=O) groups excluding carboxylic acids is 1. The van der Waals surface area contributed by atoms with Crippen molar-refractivity contribution in [1.82, 2.24) is 4.98 Å². The van der Waals surface area contributed by atoms with E-state index in [1.807, 2.05) is 30.3 Å². The van der Waals surface area contributed by atoms with Crippen molar-refractivity contribution in [3.63, 3.8) is 0 Å². The lowest BCUT2D eigenvalue weighted by Crippen LogP contribution is -2.22. The Labute approximate surface area is 194 Å². The van der Waals surface area contributed by atoms with E-state index in [0.717, 1.165) is 11.1 Å². The summed E-state index contributed by atoms with van der Waals surface area (Å²) in [6, 6.07) is 13.7. The molecule has 0 fully saturated rings. The van der Waals surface area contributed by atoms with Crippen molar-refractivity contribution in [2.45, 2.75) is 12.1 Å². The lowest BCUT2D eigenvalue weighted by atomic mass is 9.94. The molecule has 2 amide bonds. The van der Waals surface area contributed by atoms with E-state index in [9.17, 15) is 4.79 Å². The van der Waals surface area contributed by atoms with Gasteiger partial charge in [0.05, 0.1) is 24.9 Å². The molecule has 10 nitrogen and oxygen atoms in total. The van der Waals surface area contributed by atoms with Crippen molar-refractivity contribution in [2.24, 2.45) is 20.7 Å². The molecule has 2 N–H and O–H groups in total. The molecule has 0 saturated carbocycles. The van der Waals surface area contributed by atoms with Gasteiger partial charge in [-0.2, -0.15) is 0 Å². The van der Waals surface area contributed by atoms with E-state index in [4.69, 9.17) is 21.1 Å². The Morgan fingerprint density at radius 3 is 2.39 bits per heavy atom. The number of amides is 2. The fraction of sp³-hybridized carbons (Fsp3) is 0.182. The molecule has 0 bridgehead atoms. The molecule has 1 aromatic heterocycles. The monoisotopic (exact) mass is 465 g/mol. The maximum atomic E-state index is 12.6. The molecule has 0 spiro atoms. The Hall–Kier alpha value is -4.05. The summed E-state index contributed by atoms with van der Waals surface area (Å²) in [4.78, 5) is 16.7. The predicted octanol–water partition coefficient (Wildman–Crippen LogP) is 5.62. The minimum Gasteiger partial charge on any atom is -0.495 e. The van der Waals surface area contributed by atoms with Crippen LogP contribution in [-0.2, 0) is 12.1 Å². The van der Waals surface area contributed by atoms with Crippen LogP contribution in [0.25, 0.3) is 0 Å². The average Bonchev–Trinajstić information content (AvgIpc) is 3.29. The smallest absolute Gasteiger partial charge is 0.323 e. The third-order valence-corrected chi connectivity index (χ3v) is 5.26. The summed E-state index contributed by atoms with van der Waals surface area (Å²) in [5.41, 5.74) is 1.73. The topological polar surface area (TPSA) is 122 Å². The SMILES string of the molecule is COc1cc(OC)c(NC(=O)Nc2cccc(CC3(c4ccncc4)N=NN=N3)c2)cc1Cl. The standard InChI is InChI=1S/C22H20ClN7O3/c1-32-19-12-20(33-2)18(11-17(19)23)26-21(31)25-16-5-3-4-14(10-16)13-22(27-29-30-28-22)15-6-8-24-9-7-15/h3-12H,13H2,1-2H3,(H2,25,26,31). The highest BCUT2D eigenvalue weighted by Gasteiger charge is 2.35. The summed E-state index contributed by atoms with van der Waals surface area (Å²) in [6.07, 6.45) is 3.74. The van der Waals surface area contributed by atoms with E-state index < -0.39 is 11.7 Å². The number of pyridine rings is 1. The molecule has 168 valence electrons. The lowest BCUT2D eigenvalue weighted by molar-refractivity contribution is 0.262. The van der Waals surface area contributed by atoms with Gasteiger partial charge >= 0.3 is 6.03 Å². The summed E-state index contributed by atoms with van der Waals surface area (Å²) in [5, 5.41) is 21.8. The van der Waals surface area contributed by atoms with E-state index in [0.29, 0.717) is 34.3 Å². The quantitative estimate of drug-likeness (QED) is 0.469. The number of ether oxygens (including phenoxy) is 2. The zero-order valence-corrected chi connectivity index (χ0v) is 18.6. The Balaban J connectivity index is 1.50. The highest BCUT2D eigenvalue weighted by Crippen LogP contribution is 2.37. The van der Waals surface area contributed by atoms with Crippen LogP contribution in [0, 0.1) is 0 Å². The van der Waals surface area contributed by atoms with Crippen LogP contribution in [0.2, 0.25) is 5.02 Å². The molecule has 0 atom stereocenters. The molecule has 11 heteroatoms. The number of benzene rings is 2. The van der Waals surface area contributed by atoms with Gasteiger partial charge in [0.1, 0.15) is 11.5 Å². The van der Waals surface area contributed by atoms with Gasteiger partial charge in [0.15, 0.2) is 0 Å². The number of aromatic nitrogens is 1. The zero-order valence-electron chi connectivity index (χ0n) is 17.8. The molecular weight excluding hydrogens is 446 g/mol. The first-order valence-electron chi connectivity index (χ1n) is 9.86. The number of urea groups is 1. The second-order valence-electron chi connectivity index (χ2n) is 7.07. The lowest BCUT2D eigenvalue weighted by Gasteiger charge is -2.20. The Kier molecular flexibility index (Phi) is 6.45. The number of nitrogens with one attached hydrogen (secondary N) is 2. The van der Waals surface area contributed by atoms with Crippen LogP contribution in [0.4, 0.5) is 16.2 Å². The highest BCUT2D eigenvalue weighted by molar-refractivity contribution is 6.32. The molecular formula is C22H20ClN7O3. The fourth-order valence-electron chi connectivity index (χ4n) is 3.40. The molecule has 0 saturated heterocycles. The van der Waals surface area contributed by atoms with Gasteiger partial charge in [0.25, 0.3) is 0 Å². The number of methoxy groups -OCH3 is 2. The number of nitrogens with zero attached hydrogens (tertiary/aromatic N) is 5. The van der Waals surface area contributed by atoms with Crippen LogP contribution in [0.1, 0.15) is 11.1 Å². The number of anilines is 2. The van der Waals surface area contributed by atoms with E-state index in [1.165, 1.54) is 14.2 Å². The van der Waals surface area contributed by atoms with Gasteiger partial charge in [-0.3, -0.25) is 4.98 Å². The average molecular weight is 466 g/mol. The third-order valence-electron chi connectivity index (χ3n) is 4.96. The maximum absolute atomic E-state index is 12.6. The largest absolute Gasteiger partial charge is 0.495 e. The number of hydrogen-bond donors (Lipinski definition) is 2.